The second kappa shape index (κ2) is 11.9. The van der Waals surface area contributed by atoms with Gasteiger partial charge in [0.05, 0.1) is 32.4 Å². The third kappa shape index (κ3) is 5.38. The molecule has 2 N–H and O–H groups in total. The Labute approximate surface area is 225 Å². The molecule has 1 fully saturated rings. The summed E-state index contributed by atoms with van der Waals surface area (Å²) in [5, 5.41) is 9.75. The number of aromatic nitrogens is 4. The molecule has 12 nitrogen and oxygen atoms in total. The number of imidazole rings is 1. The zero-order chi connectivity index (χ0) is 28.1. The summed E-state index contributed by atoms with van der Waals surface area (Å²) in [6.07, 6.45) is 1.71. The maximum absolute atomic E-state index is 14.0. The number of rotatable bonds is 8. The van der Waals surface area contributed by atoms with Crippen molar-refractivity contribution in [3.05, 3.63) is 50.2 Å². The Bertz CT molecular complexity index is 1620. The van der Waals surface area contributed by atoms with Gasteiger partial charge in [-0.15, -0.1) is 5.92 Å². The predicted octanol–water partition coefficient (Wildman–Crippen LogP) is 0.802. The first kappa shape index (κ1) is 27.5. The number of anilines is 1. The normalized spacial score (nSPS) is 14.9. The standard InChI is InChI=1S/C27H31N7O5/c1-4-6-13-32-23-24(30-26(32)31-12-8-10-19(29)16-31)33(17-22(35)39-5-2)27(37)34(25(23)36)15-18-9-7-11-21(38-3)20(18)14-28/h7,9,11,19H,5,8,10,12-13,15-17,29H2,1-3H3. The van der Waals surface area contributed by atoms with Gasteiger partial charge in [-0.25, -0.2) is 4.79 Å². The molecule has 0 spiro atoms. The summed E-state index contributed by atoms with van der Waals surface area (Å²) in [6.45, 7) is 4.16. The van der Waals surface area contributed by atoms with Crippen LogP contribution >= 0.6 is 0 Å². The number of carbonyl (C=O) groups is 1. The largest absolute Gasteiger partial charge is 0.495 e. The summed E-state index contributed by atoms with van der Waals surface area (Å²) in [6, 6.07) is 6.97. The molecule has 1 aliphatic heterocycles. The average Bonchev–Trinajstić information content (AvgIpc) is 3.31. The van der Waals surface area contributed by atoms with Crippen LogP contribution in [-0.4, -0.2) is 57.5 Å². The lowest BCUT2D eigenvalue weighted by Gasteiger charge is -2.31. The van der Waals surface area contributed by atoms with Crippen molar-refractivity contribution < 1.29 is 14.3 Å². The first-order valence-corrected chi connectivity index (χ1v) is 12.7. The summed E-state index contributed by atoms with van der Waals surface area (Å²) in [7, 11) is 1.44. The molecule has 3 aromatic rings. The Morgan fingerprint density at radius 3 is 2.72 bits per heavy atom. The number of hydrogen-bond donors (Lipinski definition) is 1. The van der Waals surface area contributed by atoms with Crippen LogP contribution in [-0.2, 0) is 29.2 Å². The maximum Gasteiger partial charge on any atom is 0.333 e. The van der Waals surface area contributed by atoms with Crippen LogP contribution in [0, 0.1) is 23.2 Å². The maximum atomic E-state index is 14.0. The topological polar surface area (TPSA) is 150 Å². The van der Waals surface area contributed by atoms with Crippen LogP contribution in [0.25, 0.3) is 11.2 Å². The number of hydrogen-bond acceptors (Lipinski definition) is 9. The van der Waals surface area contributed by atoms with Crippen LogP contribution in [0.5, 0.6) is 5.75 Å². The molecular weight excluding hydrogens is 502 g/mol. The van der Waals surface area contributed by atoms with Crippen molar-refractivity contribution in [1.29, 1.82) is 5.26 Å². The molecule has 2 aromatic heterocycles. The summed E-state index contributed by atoms with van der Waals surface area (Å²) < 4.78 is 14.2. The lowest BCUT2D eigenvalue weighted by atomic mass is 10.1. The third-order valence-electron chi connectivity index (χ3n) is 6.61. The van der Waals surface area contributed by atoms with E-state index in [1.807, 2.05) is 4.90 Å². The Morgan fingerprint density at radius 1 is 1.26 bits per heavy atom. The van der Waals surface area contributed by atoms with E-state index in [2.05, 4.69) is 17.9 Å². The predicted molar refractivity (Wildman–Crippen MR) is 145 cm³/mol. The number of nitrogens with zero attached hydrogens (tertiary/aromatic N) is 6. The third-order valence-corrected chi connectivity index (χ3v) is 6.61. The molecule has 12 heteroatoms. The monoisotopic (exact) mass is 533 g/mol. The van der Waals surface area contributed by atoms with E-state index in [0.717, 1.165) is 22.0 Å². The summed E-state index contributed by atoms with van der Waals surface area (Å²) >= 11 is 0. The number of methoxy groups -OCH3 is 1. The van der Waals surface area contributed by atoms with E-state index in [1.165, 1.54) is 7.11 Å². The second-order valence-electron chi connectivity index (χ2n) is 9.12. The van der Waals surface area contributed by atoms with Crippen molar-refractivity contribution in [3.8, 4) is 23.7 Å². The highest BCUT2D eigenvalue weighted by Crippen LogP contribution is 2.24. The fourth-order valence-electron chi connectivity index (χ4n) is 4.81. The van der Waals surface area contributed by atoms with Crippen LogP contribution < -0.4 is 26.6 Å². The quantitative estimate of drug-likeness (QED) is 0.328. The van der Waals surface area contributed by atoms with Gasteiger partial charge in [-0.05, 0) is 38.3 Å². The molecular formula is C27H31N7O5. The van der Waals surface area contributed by atoms with Crippen LogP contribution in [0.15, 0.2) is 27.8 Å². The minimum Gasteiger partial charge on any atom is -0.495 e. The molecule has 1 atom stereocenters. The van der Waals surface area contributed by atoms with Gasteiger partial charge in [0.25, 0.3) is 5.56 Å². The van der Waals surface area contributed by atoms with Crippen molar-refractivity contribution >= 4 is 23.1 Å². The van der Waals surface area contributed by atoms with Crippen LogP contribution in [0.4, 0.5) is 5.95 Å². The molecule has 0 saturated carbocycles. The number of fused-ring (bicyclic) bond motifs is 1. The van der Waals surface area contributed by atoms with Crippen LogP contribution in [0.1, 0.15) is 37.8 Å². The van der Waals surface area contributed by atoms with Gasteiger partial charge in [-0.3, -0.25) is 23.3 Å². The van der Waals surface area contributed by atoms with E-state index in [1.54, 1.807) is 36.6 Å². The van der Waals surface area contributed by atoms with E-state index in [0.29, 0.717) is 30.4 Å². The van der Waals surface area contributed by atoms with E-state index in [9.17, 15) is 19.6 Å². The number of nitrogens with two attached hydrogens (primary N) is 1. The summed E-state index contributed by atoms with van der Waals surface area (Å²) in [5.74, 6) is 5.96. The van der Waals surface area contributed by atoms with Crippen molar-refractivity contribution in [1.82, 2.24) is 18.7 Å². The van der Waals surface area contributed by atoms with E-state index < -0.39 is 23.8 Å². The van der Waals surface area contributed by atoms with E-state index >= 15 is 0 Å². The highest BCUT2D eigenvalue weighted by molar-refractivity contribution is 5.77. The molecule has 1 unspecified atom stereocenters. The van der Waals surface area contributed by atoms with Crippen molar-refractivity contribution in [2.75, 3.05) is 31.7 Å². The van der Waals surface area contributed by atoms with Gasteiger partial charge >= 0.3 is 11.7 Å². The molecule has 0 amide bonds. The SMILES string of the molecule is CC#CCn1c(N2CCCC(N)C2)nc2c1c(=O)n(Cc1cccc(OC)c1C#N)c(=O)n2CC(=O)OCC. The molecule has 1 saturated heterocycles. The smallest absolute Gasteiger partial charge is 0.333 e. The molecule has 4 rings (SSSR count). The number of piperidine rings is 1. The molecule has 204 valence electrons. The van der Waals surface area contributed by atoms with Gasteiger partial charge in [0, 0.05) is 19.1 Å². The Balaban J connectivity index is 2.01. The number of esters is 1. The molecule has 1 aliphatic rings. The van der Waals surface area contributed by atoms with Gasteiger partial charge in [-0.1, -0.05) is 18.1 Å². The zero-order valence-corrected chi connectivity index (χ0v) is 22.3. The number of nitriles is 1. The van der Waals surface area contributed by atoms with Crippen molar-refractivity contribution in [2.24, 2.45) is 5.73 Å². The summed E-state index contributed by atoms with van der Waals surface area (Å²) in [5.41, 5.74) is 5.67. The average molecular weight is 534 g/mol. The minimum atomic E-state index is -0.750. The van der Waals surface area contributed by atoms with E-state index in [4.69, 9.17) is 20.2 Å². The zero-order valence-electron chi connectivity index (χ0n) is 22.3. The lowest BCUT2D eigenvalue weighted by molar-refractivity contribution is -0.143. The number of ether oxygens (including phenoxy) is 2. The first-order valence-electron chi connectivity index (χ1n) is 12.7. The van der Waals surface area contributed by atoms with Crippen LogP contribution in [0.2, 0.25) is 0 Å². The Morgan fingerprint density at radius 2 is 2.05 bits per heavy atom. The summed E-state index contributed by atoms with van der Waals surface area (Å²) in [4.78, 5) is 47.0. The highest BCUT2D eigenvalue weighted by Gasteiger charge is 2.28. The Hall–Kier alpha value is -4.55. The van der Waals surface area contributed by atoms with Gasteiger partial charge in [-0.2, -0.15) is 10.2 Å². The molecule has 1 aromatic carbocycles. The molecule has 39 heavy (non-hydrogen) atoms. The fourth-order valence-corrected chi connectivity index (χ4v) is 4.81. The van der Waals surface area contributed by atoms with E-state index in [-0.39, 0.29) is 42.5 Å². The fraction of sp³-hybridized carbons (Fsp3) is 0.444. The molecule has 0 radical (unpaired) electrons. The van der Waals surface area contributed by atoms with Gasteiger partial charge < -0.3 is 20.1 Å². The molecule has 0 aliphatic carbocycles. The molecule has 0 bridgehead atoms. The van der Waals surface area contributed by atoms with Crippen molar-refractivity contribution in [3.63, 3.8) is 0 Å². The highest BCUT2D eigenvalue weighted by atomic mass is 16.5. The first-order chi connectivity index (χ1) is 18.8. The second-order valence-corrected chi connectivity index (χ2v) is 9.12. The minimum absolute atomic E-state index is 0.0625. The molecule has 3 heterocycles. The number of carbonyl (C=O) groups excluding carboxylic acids is 1. The number of benzene rings is 1. The Kier molecular flexibility index (Phi) is 8.37. The van der Waals surface area contributed by atoms with Crippen LogP contribution in [0.3, 0.4) is 0 Å². The van der Waals surface area contributed by atoms with Crippen molar-refractivity contribution in [2.45, 2.75) is 52.4 Å². The van der Waals surface area contributed by atoms with Gasteiger partial charge in [0.15, 0.2) is 11.2 Å². The van der Waals surface area contributed by atoms with Gasteiger partial charge in [0.2, 0.25) is 5.95 Å². The lowest BCUT2D eigenvalue weighted by Crippen LogP contribution is -2.44. The van der Waals surface area contributed by atoms with Gasteiger partial charge in [0.1, 0.15) is 18.4 Å².